The van der Waals surface area contributed by atoms with E-state index in [1.54, 1.807) is 24.4 Å². The van der Waals surface area contributed by atoms with Gasteiger partial charge in [0.2, 0.25) is 11.8 Å². The van der Waals surface area contributed by atoms with Gasteiger partial charge in [0.05, 0.1) is 65.5 Å². The molecule has 4 aliphatic rings. The van der Waals surface area contributed by atoms with Crippen LogP contribution in [-0.2, 0) is 14.3 Å². The smallest absolute Gasteiger partial charge is 0.262 e. The SMILES string of the molecule is O=C1CCC(N2C(=O)c3ccc(NCCC[C@H]4C[C@H](n5cc(-c6cnc7ccc(NC8COC8)cc7n6)cn5)C4)cc3C2=O)C(=O)N1. The van der Waals surface area contributed by atoms with E-state index in [1.807, 2.05) is 29.1 Å². The Balaban J connectivity index is 0.813. The molecule has 0 bridgehead atoms. The van der Waals surface area contributed by atoms with Crippen molar-refractivity contribution in [1.29, 1.82) is 0 Å². The molecule has 4 aromatic rings. The minimum atomic E-state index is -0.965. The van der Waals surface area contributed by atoms with Gasteiger partial charge in [-0.25, -0.2) is 4.98 Å². The maximum absolute atomic E-state index is 13.1. The van der Waals surface area contributed by atoms with E-state index in [1.165, 1.54) is 0 Å². The number of fused-ring (bicyclic) bond motifs is 2. The summed E-state index contributed by atoms with van der Waals surface area (Å²) in [6, 6.07) is 10.9. The molecular weight excluding hydrogens is 600 g/mol. The maximum atomic E-state index is 13.1. The van der Waals surface area contributed by atoms with Crippen LogP contribution >= 0.6 is 0 Å². The van der Waals surface area contributed by atoms with Crippen LogP contribution in [0.4, 0.5) is 11.4 Å². The summed E-state index contributed by atoms with van der Waals surface area (Å²) in [5.74, 6) is -1.39. The van der Waals surface area contributed by atoms with Crippen molar-refractivity contribution in [3.05, 3.63) is 66.1 Å². The molecule has 13 heteroatoms. The standard InChI is InChI=1S/C34H34N8O5/c43-31-8-7-30(32(44)40-31)42-33(45)25-5-3-21(12-26(25)34(42)46)35-9-1-2-19-10-24(11-19)41-16-20(14-37-41)29-15-36-27-6-4-22(13-28(27)39-29)38-23-17-47-18-23/h3-6,12-16,19,23-24,30,35,38H,1-2,7-11,17-18H2,(H,40,43,44)/t19-,24-,30?. The molecule has 47 heavy (non-hydrogen) atoms. The number of carbonyl (C=O) groups excluding carboxylic acids is 4. The maximum Gasteiger partial charge on any atom is 0.262 e. The van der Waals surface area contributed by atoms with Crippen molar-refractivity contribution in [2.75, 3.05) is 30.4 Å². The Labute approximate surface area is 270 Å². The number of aromatic nitrogens is 4. The second-order valence-corrected chi connectivity index (χ2v) is 12.8. The number of imide groups is 2. The Hall–Kier alpha value is -5.17. The molecule has 0 radical (unpaired) electrons. The van der Waals surface area contributed by atoms with Crippen molar-refractivity contribution < 1.29 is 23.9 Å². The van der Waals surface area contributed by atoms with Crippen LogP contribution in [0.25, 0.3) is 22.3 Å². The largest absolute Gasteiger partial charge is 0.385 e. The molecule has 1 unspecified atom stereocenters. The molecule has 5 heterocycles. The molecule has 13 nitrogen and oxygen atoms in total. The highest BCUT2D eigenvalue weighted by Gasteiger charge is 2.44. The molecular formula is C34H34N8O5. The summed E-state index contributed by atoms with van der Waals surface area (Å²) in [6.07, 6.45) is 10.1. The molecule has 1 saturated carbocycles. The van der Waals surface area contributed by atoms with Gasteiger partial charge in [0.1, 0.15) is 6.04 Å². The summed E-state index contributed by atoms with van der Waals surface area (Å²) < 4.78 is 7.30. The van der Waals surface area contributed by atoms with Crippen LogP contribution in [-0.4, -0.2) is 80.1 Å². The van der Waals surface area contributed by atoms with E-state index in [0.29, 0.717) is 18.0 Å². The van der Waals surface area contributed by atoms with Crippen molar-refractivity contribution in [3.63, 3.8) is 0 Å². The van der Waals surface area contributed by atoms with Crippen LogP contribution in [0.15, 0.2) is 55.0 Å². The molecule has 1 aliphatic carbocycles. The molecule has 240 valence electrons. The summed E-state index contributed by atoms with van der Waals surface area (Å²) in [6.45, 7) is 2.18. The van der Waals surface area contributed by atoms with Gasteiger partial charge in [0.25, 0.3) is 11.8 Å². The Kier molecular flexibility index (Phi) is 7.39. The Morgan fingerprint density at radius 2 is 1.77 bits per heavy atom. The lowest BCUT2D eigenvalue weighted by atomic mass is 9.77. The summed E-state index contributed by atoms with van der Waals surface area (Å²) in [7, 11) is 0. The van der Waals surface area contributed by atoms with E-state index < -0.39 is 29.7 Å². The lowest BCUT2D eigenvalue weighted by molar-refractivity contribution is -0.136. The van der Waals surface area contributed by atoms with Gasteiger partial charge in [0, 0.05) is 36.1 Å². The number of benzene rings is 2. The predicted molar refractivity (Wildman–Crippen MR) is 172 cm³/mol. The monoisotopic (exact) mass is 634 g/mol. The number of nitrogens with one attached hydrogen (secondary N) is 3. The van der Waals surface area contributed by atoms with Gasteiger partial charge in [-0.1, -0.05) is 0 Å². The second-order valence-electron chi connectivity index (χ2n) is 12.8. The minimum Gasteiger partial charge on any atom is -0.385 e. The van der Waals surface area contributed by atoms with E-state index in [-0.39, 0.29) is 24.0 Å². The number of hydrogen-bond donors (Lipinski definition) is 3. The molecule has 2 aromatic carbocycles. The predicted octanol–water partition coefficient (Wildman–Crippen LogP) is 3.55. The van der Waals surface area contributed by atoms with Crippen LogP contribution in [0.1, 0.15) is 65.3 Å². The van der Waals surface area contributed by atoms with Gasteiger partial charge >= 0.3 is 0 Å². The molecule has 3 aliphatic heterocycles. The van der Waals surface area contributed by atoms with Crippen molar-refractivity contribution in [1.82, 2.24) is 30.0 Å². The first kappa shape index (κ1) is 29.2. The van der Waals surface area contributed by atoms with Crippen molar-refractivity contribution in [2.24, 2.45) is 5.92 Å². The van der Waals surface area contributed by atoms with E-state index in [4.69, 9.17) is 9.72 Å². The molecule has 8 rings (SSSR count). The highest BCUT2D eigenvalue weighted by atomic mass is 16.5. The topological polar surface area (TPSA) is 160 Å². The van der Waals surface area contributed by atoms with Crippen LogP contribution in [0.5, 0.6) is 0 Å². The highest BCUT2D eigenvalue weighted by molar-refractivity contribution is 6.23. The third kappa shape index (κ3) is 5.60. The first-order chi connectivity index (χ1) is 22.9. The number of anilines is 2. The number of amides is 4. The fraction of sp³-hybridized carbons (Fsp3) is 0.382. The zero-order valence-corrected chi connectivity index (χ0v) is 25.6. The second kappa shape index (κ2) is 11.9. The molecule has 4 amide bonds. The molecule has 1 atom stereocenters. The minimum absolute atomic E-state index is 0.0955. The number of hydrogen-bond acceptors (Lipinski definition) is 10. The summed E-state index contributed by atoms with van der Waals surface area (Å²) in [5.41, 5.74) is 5.77. The van der Waals surface area contributed by atoms with Crippen molar-refractivity contribution in [3.8, 4) is 11.3 Å². The van der Waals surface area contributed by atoms with Crippen LogP contribution in [0.2, 0.25) is 0 Å². The molecule has 3 N–H and O–H groups in total. The van der Waals surface area contributed by atoms with E-state index in [9.17, 15) is 19.2 Å². The molecule has 2 saturated heterocycles. The number of nitrogens with zero attached hydrogens (tertiary/aromatic N) is 5. The Bertz CT molecular complexity index is 1910. The first-order valence-electron chi connectivity index (χ1n) is 16.1. The van der Waals surface area contributed by atoms with Gasteiger partial charge in [-0.05, 0) is 74.4 Å². The lowest BCUT2D eigenvalue weighted by Crippen LogP contribution is -2.54. The Morgan fingerprint density at radius 3 is 2.57 bits per heavy atom. The zero-order valence-electron chi connectivity index (χ0n) is 25.6. The van der Waals surface area contributed by atoms with Gasteiger partial charge in [-0.2, -0.15) is 5.10 Å². The average Bonchev–Trinajstić information content (AvgIpc) is 3.60. The van der Waals surface area contributed by atoms with Gasteiger partial charge in [-0.15, -0.1) is 0 Å². The quantitative estimate of drug-likeness (QED) is 0.174. The van der Waals surface area contributed by atoms with E-state index in [2.05, 4.69) is 32.2 Å². The van der Waals surface area contributed by atoms with Crippen LogP contribution < -0.4 is 16.0 Å². The molecule has 0 spiro atoms. The summed E-state index contributed by atoms with van der Waals surface area (Å²) in [5, 5.41) is 13.7. The van der Waals surface area contributed by atoms with E-state index >= 15 is 0 Å². The fourth-order valence-corrected chi connectivity index (χ4v) is 6.82. The lowest BCUT2D eigenvalue weighted by Gasteiger charge is -2.35. The van der Waals surface area contributed by atoms with Crippen molar-refractivity contribution in [2.45, 2.75) is 56.7 Å². The van der Waals surface area contributed by atoms with Crippen LogP contribution in [0.3, 0.4) is 0 Å². The van der Waals surface area contributed by atoms with Gasteiger partial charge in [0.15, 0.2) is 0 Å². The van der Waals surface area contributed by atoms with Gasteiger partial charge < -0.3 is 15.4 Å². The summed E-state index contributed by atoms with van der Waals surface area (Å²) in [4.78, 5) is 60.3. The number of carbonyl (C=O) groups is 4. The first-order valence-corrected chi connectivity index (χ1v) is 16.1. The molecule has 2 aromatic heterocycles. The number of piperidine rings is 1. The zero-order chi connectivity index (χ0) is 32.1. The van der Waals surface area contributed by atoms with Gasteiger partial charge in [-0.3, -0.25) is 39.1 Å². The normalized spacial score (nSPS) is 22.6. The fourth-order valence-electron chi connectivity index (χ4n) is 6.82. The highest BCUT2D eigenvalue weighted by Crippen LogP contribution is 2.40. The van der Waals surface area contributed by atoms with E-state index in [0.717, 1.165) is 84.0 Å². The Morgan fingerprint density at radius 1 is 0.936 bits per heavy atom. The third-order valence-electron chi connectivity index (χ3n) is 9.59. The third-order valence-corrected chi connectivity index (χ3v) is 9.59. The van der Waals surface area contributed by atoms with Crippen molar-refractivity contribution >= 4 is 46.0 Å². The number of rotatable bonds is 10. The average molecular weight is 635 g/mol. The molecule has 3 fully saturated rings. The van der Waals surface area contributed by atoms with Crippen LogP contribution in [0, 0.1) is 5.92 Å². The number of ether oxygens (including phenoxy) is 1. The summed E-state index contributed by atoms with van der Waals surface area (Å²) >= 11 is 0.